The number of hydrogen-bond donors (Lipinski definition) is 2. The third-order valence-electron chi connectivity index (χ3n) is 4.78. The summed E-state index contributed by atoms with van der Waals surface area (Å²) in [5.41, 5.74) is 1.49. The van der Waals surface area contributed by atoms with Gasteiger partial charge in [-0.15, -0.1) is 10.2 Å². The Hall–Kier alpha value is 0.120. The molecular weight excluding hydrogens is 587 g/mol. The van der Waals surface area contributed by atoms with E-state index in [2.05, 4.69) is 58.4 Å². The molecule has 180 valence electrons. The Morgan fingerprint density at radius 3 is 2.11 bits per heavy atom. The van der Waals surface area contributed by atoms with Gasteiger partial charge in [0.05, 0.1) is 12.2 Å². The maximum atomic E-state index is 12.0. The van der Waals surface area contributed by atoms with Gasteiger partial charge in [-0.1, -0.05) is 59.7 Å². The number of imidazole rings is 1. The van der Waals surface area contributed by atoms with Gasteiger partial charge >= 0.3 is 116 Å². The number of amides is 1. The topological polar surface area (TPSA) is 106 Å². The van der Waals surface area contributed by atoms with E-state index < -0.39 is 0 Å². The van der Waals surface area contributed by atoms with E-state index in [0.717, 1.165) is 28.8 Å². The number of fused-ring (bicyclic) bond motifs is 4. The molecule has 5 rings (SSSR count). The number of aromatic amines is 1. The number of aromatic nitrogens is 7. The zero-order valence-corrected chi connectivity index (χ0v) is 32.7. The second-order valence-corrected chi connectivity index (χ2v) is 7.53. The summed E-state index contributed by atoms with van der Waals surface area (Å²) in [5, 5.41) is 18.3. The van der Waals surface area contributed by atoms with Crippen molar-refractivity contribution in [3.63, 3.8) is 0 Å². The molecule has 35 heavy (non-hydrogen) atoms. The molecule has 0 aliphatic carbocycles. The van der Waals surface area contributed by atoms with Gasteiger partial charge in [0.15, 0.2) is 5.82 Å². The molecule has 0 fully saturated rings. The molecule has 0 radical (unpaired) electrons. The molecule has 9 nitrogen and oxygen atoms in total. The van der Waals surface area contributed by atoms with Crippen LogP contribution in [0.1, 0.15) is 75.4 Å². The van der Waals surface area contributed by atoms with E-state index >= 15 is 0 Å². The smallest absolute Gasteiger partial charge is 0.358 e. The summed E-state index contributed by atoms with van der Waals surface area (Å²) in [6.45, 7) is 12.8. The third kappa shape index (κ3) is 8.56. The van der Waals surface area contributed by atoms with Crippen LogP contribution >= 0.6 is 0 Å². The summed E-state index contributed by atoms with van der Waals surface area (Å²) in [5.74, 6) is 4.12. The quantitative estimate of drug-likeness (QED) is 0.276. The standard InChI is InChI=1S/C13H14N4O.C7H10N4.C2H6.2CH3.2Rb/c1-8(2)11-15-16-12-9-5-3-4-6-10(9)13(18)14-7-17(11)12;1-5(2)6-9-10-7-8-3-4-11(6)7;1-2;;;;/h3-6,8H,7H2,1-2H3,(H,14,18);3-5H,1-2H3,(H,8,10);1-2H3;2*1H3;;/q;;;2*-1;2*+1. The molecule has 4 aromatic rings. The molecule has 2 N–H and O–H groups in total. The van der Waals surface area contributed by atoms with Gasteiger partial charge in [-0.25, -0.2) is 10.1 Å². The minimum Gasteiger partial charge on any atom is -0.358 e. The number of nitrogens with one attached hydrogen (secondary N) is 2. The number of benzene rings is 1. The molecule has 4 heterocycles. The Kier molecular flexibility index (Phi) is 18.7. The summed E-state index contributed by atoms with van der Waals surface area (Å²) in [6, 6.07) is 7.48. The van der Waals surface area contributed by atoms with Gasteiger partial charge < -0.3 is 20.2 Å². The Bertz CT molecular complexity index is 1160. The Balaban J connectivity index is 0. The monoisotopic (exact) mass is 622 g/mol. The van der Waals surface area contributed by atoms with Crippen LogP contribution < -0.4 is 122 Å². The first kappa shape index (κ1) is 37.3. The first-order valence-electron chi connectivity index (χ1n) is 10.7. The van der Waals surface area contributed by atoms with Crippen LogP contribution in [0.3, 0.4) is 0 Å². The number of carbonyl (C=O) groups excluding carboxylic acids is 1. The van der Waals surface area contributed by atoms with Crippen LogP contribution in [-0.2, 0) is 6.67 Å². The van der Waals surface area contributed by atoms with Crippen molar-refractivity contribution in [2.75, 3.05) is 0 Å². The molecule has 1 amide bonds. The maximum Gasteiger partial charge on any atom is 1.00 e. The first-order valence-corrected chi connectivity index (χ1v) is 10.7. The third-order valence-corrected chi connectivity index (χ3v) is 4.78. The average molecular weight is 624 g/mol. The van der Waals surface area contributed by atoms with Gasteiger partial charge in [0.1, 0.15) is 11.6 Å². The molecular formula is C24H36N8ORb2. The van der Waals surface area contributed by atoms with Crippen molar-refractivity contribution in [1.82, 2.24) is 39.7 Å². The van der Waals surface area contributed by atoms with Crippen LogP contribution in [-0.4, -0.2) is 40.3 Å². The second kappa shape index (κ2) is 17.6. The normalized spacial score (nSPS) is 10.9. The van der Waals surface area contributed by atoms with E-state index in [9.17, 15) is 4.79 Å². The van der Waals surface area contributed by atoms with E-state index in [1.54, 1.807) is 6.20 Å². The van der Waals surface area contributed by atoms with Gasteiger partial charge in [0.2, 0.25) is 5.78 Å². The minimum atomic E-state index is -0.0641. The van der Waals surface area contributed by atoms with Gasteiger partial charge in [-0.3, -0.25) is 13.8 Å². The molecule has 1 aromatic carbocycles. The van der Waals surface area contributed by atoms with E-state index in [1.807, 2.05) is 53.3 Å². The van der Waals surface area contributed by atoms with Crippen LogP contribution in [0, 0.1) is 14.9 Å². The van der Waals surface area contributed by atoms with Crippen molar-refractivity contribution in [3.8, 4) is 11.4 Å². The fraction of sp³-hybridized carbons (Fsp3) is 0.375. The predicted molar refractivity (Wildman–Crippen MR) is 133 cm³/mol. The summed E-state index contributed by atoms with van der Waals surface area (Å²) in [7, 11) is 0. The molecule has 11 heteroatoms. The molecule has 0 saturated heterocycles. The Labute approximate surface area is 307 Å². The predicted octanol–water partition coefficient (Wildman–Crippen LogP) is -1.12. The van der Waals surface area contributed by atoms with E-state index in [0.29, 0.717) is 18.2 Å². The zero-order valence-electron chi connectivity index (χ0n) is 22.9. The van der Waals surface area contributed by atoms with Crippen molar-refractivity contribution in [2.24, 2.45) is 0 Å². The van der Waals surface area contributed by atoms with Crippen LogP contribution in [0.4, 0.5) is 0 Å². The van der Waals surface area contributed by atoms with Crippen LogP contribution in [0.2, 0.25) is 0 Å². The number of rotatable bonds is 2. The summed E-state index contributed by atoms with van der Waals surface area (Å²) >= 11 is 0. The first-order chi connectivity index (χ1) is 15.0. The van der Waals surface area contributed by atoms with E-state index in [4.69, 9.17) is 0 Å². The Morgan fingerprint density at radius 2 is 1.51 bits per heavy atom. The van der Waals surface area contributed by atoms with Crippen molar-refractivity contribution in [2.45, 2.75) is 60.0 Å². The summed E-state index contributed by atoms with van der Waals surface area (Å²) in [4.78, 5) is 16.0. The maximum absolute atomic E-state index is 12.0. The van der Waals surface area contributed by atoms with Crippen molar-refractivity contribution >= 4 is 11.7 Å². The summed E-state index contributed by atoms with van der Waals surface area (Å²) in [6.07, 6.45) is 3.67. The van der Waals surface area contributed by atoms with Crippen LogP contribution in [0.15, 0.2) is 36.7 Å². The number of nitrogens with zero attached hydrogens (tertiary/aromatic N) is 6. The van der Waals surface area contributed by atoms with Gasteiger partial charge in [-0.2, -0.15) is 5.10 Å². The SMILES string of the molecule is CC.CC(C)c1n[nH]c2nccn12.CC(C)c1nnc2n1CNC(=O)c1ccccc1-2.[CH3-].[CH3-].[Rb+].[Rb+]. The zero-order chi connectivity index (χ0) is 22.5. The average Bonchev–Trinajstić information content (AvgIpc) is 3.47. The van der Waals surface area contributed by atoms with Gasteiger partial charge in [0.25, 0.3) is 5.91 Å². The Morgan fingerprint density at radius 1 is 0.914 bits per heavy atom. The second-order valence-electron chi connectivity index (χ2n) is 7.53. The van der Waals surface area contributed by atoms with Crippen molar-refractivity contribution in [3.05, 3.63) is 68.7 Å². The molecule has 1 aliphatic heterocycles. The van der Waals surface area contributed by atoms with E-state index in [1.165, 1.54) is 0 Å². The largest absolute Gasteiger partial charge is 1.00 e. The fourth-order valence-electron chi connectivity index (χ4n) is 3.36. The fourth-order valence-corrected chi connectivity index (χ4v) is 3.36. The summed E-state index contributed by atoms with van der Waals surface area (Å²) < 4.78 is 3.93. The van der Waals surface area contributed by atoms with Crippen LogP contribution in [0.25, 0.3) is 17.2 Å². The number of hydrogen-bond acceptors (Lipinski definition) is 5. The molecule has 0 bridgehead atoms. The van der Waals surface area contributed by atoms with Crippen molar-refractivity contribution in [1.29, 1.82) is 0 Å². The molecule has 0 unspecified atom stereocenters. The van der Waals surface area contributed by atoms with Gasteiger partial charge in [-0.05, 0) is 6.07 Å². The van der Waals surface area contributed by atoms with Gasteiger partial charge in [0, 0.05) is 29.8 Å². The molecule has 3 aromatic heterocycles. The van der Waals surface area contributed by atoms with Crippen molar-refractivity contribution < 1.29 is 121 Å². The number of carbonyl (C=O) groups is 1. The molecule has 1 aliphatic rings. The minimum absolute atomic E-state index is 0. The number of H-pyrrole nitrogens is 1. The van der Waals surface area contributed by atoms with Crippen LogP contribution in [0.5, 0.6) is 0 Å². The molecule has 0 spiro atoms. The molecule has 0 saturated carbocycles. The molecule has 0 atom stereocenters. The van der Waals surface area contributed by atoms with E-state index in [-0.39, 0.29) is 143 Å².